The molecule has 0 aliphatic carbocycles. The van der Waals surface area contributed by atoms with Gasteiger partial charge in [-0.25, -0.2) is 0 Å². The summed E-state index contributed by atoms with van der Waals surface area (Å²) in [5, 5.41) is 87.8. The number of hydrogen-bond donors (Lipinski definition) is 9. The van der Waals surface area contributed by atoms with Crippen LogP contribution >= 0.6 is 0 Å². The second-order valence-electron chi connectivity index (χ2n) is 32.1. The summed E-state index contributed by atoms with van der Waals surface area (Å²) in [7, 11) is 0. The number of ether oxygens (including phenoxy) is 4. The first-order chi connectivity index (χ1) is 51.1. The van der Waals surface area contributed by atoms with E-state index in [2.05, 4.69) is 43.5 Å². The largest absolute Gasteiger partial charge is 0.394 e. The molecule has 2 aliphatic heterocycles. The van der Waals surface area contributed by atoms with Crippen molar-refractivity contribution in [2.75, 3.05) is 19.8 Å². The topological polar surface area (TPSA) is 228 Å². The lowest BCUT2D eigenvalue weighted by atomic mass is 9.97. The Bertz CT molecular complexity index is 1890. The van der Waals surface area contributed by atoms with Crippen molar-refractivity contribution in [3.63, 3.8) is 0 Å². The summed E-state index contributed by atoms with van der Waals surface area (Å²) in [5.74, 6) is -0.244. The first-order valence-corrected chi connectivity index (χ1v) is 45.2. The predicted octanol–water partition coefficient (Wildman–Crippen LogP) is 21.9. The molecule has 2 saturated heterocycles. The molecule has 2 rings (SSSR count). The van der Waals surface area contributed by atoms with Gasteiger partial charge in [0.15, 0.2) is 12.6 Å². The fourth-order valence-corrected chi connectivity index (χ4v) is 15.2. The van der Waals surface area contributed by atoms with Gasteiger partial charge in [0.05, 0.1) is 32.0 Å². The van der Waals surface area contributed by atoms with E-state index in [1.807, 2.05) is 6.08 Å². The molecule has 0 aromatic heterocycles. The Hall–Kier alpha value is -1.79. The van der Waals surface area contributed by atoms with Crippen molar-refractivity contribution in [1.82, 2.24) is 5.32 Å². The quantitative estimate of drug-likeness (QED) is 0.0204. The molecule has 2 fully saturated rings. The molecular formula is C90H171NO13. The number of rotatable bonds is 78. The van der Waals surface area contributed by atoms with E-state index in [0.29, 0.717) is 12.8 Å². The van der Waals surface area contributed by atoms with E-state index in [1.54, 1.807) is 6.08 Å². The van der Waals surface area contributed by atoms with Crippen molar-refractivity contribution in [3.05, 3.63) is 36.5 Å². The van der Waals surface area contributed by atoms with Gasteiger partial charge >= 0.3 is 0 Å². The number of unbranched alkanes of at least 4 members (excludes halogenated alkanes) is 61. The van der Waals surface area contributed by atoms with Crippen LogP contribution in [0.25, 0.3) is 0 Å². The van der Waals surface area contributed by atoms with Gasteiger partial charge in [0.25, 0.3) is 0 Å². The molecule has 614 valence electrons. The monoisotopic (exact) mass is 1470 g/mol. The average molecular weight is 1480 g/mol. The van der Waals surface area contributed by atoms with E-state index >= 15 is 0 Å². The average Bonchev–Trinajstić information content (AvgIpc) is 0.790. The summed E-state index contributed by atoms with van der Waals surface area (Å²) in [6, 6.07) is -0.939. The molecule has 2 heterocycles. The zero-order chi connectivity index (χ0) is 75.1. The lowest BCUT2D eigenvalue weighted by molar-refractivity contribution is -0.359. The molecule has 9 N–H and O–H groups in total. The van der Waals surface area contributed by atoms with Crippen LogP contribution in [0, 0.1) is 0 Å². The third-order valence-electron chi connectivity index (χ3n) is 22.3. The molecule has 1 amide bonds. The summed E-state index contributed by atoms with van der Waals surface area (Å²) < 4.78 is 22.9. The van der Waals surface area contributed by atoms with Crippen molar-refractivity contribution in [2.45, 2.75) is 511 Å². The van der Waals surface area contributed by atoms with Crippen LogP contribution in [0.1, 0.15) is 438 Å². The highest BCUT2D eigenvalue weighted by atomic mass is 16.7. The van der Waals surface area contributed by atoms with Gasteiger partial charge in [-0.1, -0.05) is 423 Å². The van der Waals surface area contributed by atoms with Crippen LogP contribution in [0.5, 0.6) is 0 Å². The van der Waals surface area contributed by atoms with Crippen LogP contribution in [0.4, 0.5) is 0 Å². The molecule has 12 atom stereocenters. The van der Waals surface area contributed by atoms with Gasteiger partial charge in [0.1, 0.15) is 48.8 Å². The van der Waals surface area contributed by atoms with Crippen LogP contribution in [-0.2, 0) is 23.7 Å². The summed E-state index contributed by atoms with van der Waals surface area (Å²) in [6.07, 6.45) is 82.9. The molecule has 12 unspecified atom stereocenters. The predicted molar refractivity (Wildman–Crippen MR) is 434 cm³/mol. The van der Waals surface area contributed by atoms with Gasteiger partial charge in [-0.05, 0) is 44.9 Å². The fourth-order valence-electron chi connectivity index (χ4n) is 15.2. The molecule has 14 nitrogen and oxygen atoms in total. The molecule has 0 aromatic carbocycles. The zero-order valence-electron chi connectivity index (χ0n) is 67.8. The number of amides is 1. The van der Waals surface area contributed by atoms with E-state index in [-0.39, 0.29) is 18.9 Å². The lowest BCUT2D eigenvalue weighted by Crippen LogP contribution is -2.65. The molecule has 0 bridgehead atoms. The second-order valence-corrected chi connectivity index (χ2v) is 32.1. The first-order valence-electron chi connectivity index (χ1n) is 45.2. The minimum atomic E-state index is -1.79. The van der Waals surface area contributed by atoms with Crippen molar-refractivity contribution >= 4 is 5.91 Å². The Kier molecular flexibility index (Phi) is 69.9. The van der Waals surface area contributed by atoms with Crippen LogP contribution in [0.3, 0.4) is 0 Å². The Morgan fingerprint density at radius 1 is 0.337 bits per heavy atom. The van der Waals surface area contributed by atoms with E-state index in [4.69, 9.17) is 18.9 Å². The SMILES string of the molecule is CCCCCCCCCCCCCCCCCCCCCCC/C=C/CC/C=C/CC/C=C/C(O)C(COC1OC(CO)C(OC2OC(CO)C(O)C(O)C2O)C(O)C1O)NC(=O)CCCCCCCCCCCCCCCCCCCCCCCCCCCCCCCCCCCCCCCCC. The smallest absolute Gasteiger partial charge is 0.220 e. The highest BCUT2D eigenvalue weighted by Gasteiger charge is 2.51. The standard InChI is InChI=1S/C90H171NO13/c1-3-5-7-9-11-13-15-17-19-21-23-25-27-29-31-33-35-36-37-38-39-40-41-42-44-46-48-50-52-54-56-58-60-62-64-66-68-70-72-74-82(95)91-78(77-101-89-87(100)85(98)88(81(76-93)103-89)104-90-86(99)84(97)83(96)80(75-92)102-90)79(94)73-71-69-67-65-63-61-59-57-55-53-51-49-47-45-43-34-32-30-28-26-24-22-20-18-16-14-12-10-8-6-4-2/h55,57,63,65,71,73,78-81,83-90,92-94,96-100H,3-54,56,58-62,64,66-70,72,74-77H2,1-2H3,(H,91,95)/b57-55+,65-63+,73-71+. The van der Waals surface area contributed by atoms with Crippen molar-refractivity contribution in [2.24, 2.45) is 0 Å². The van der Waals surface area contributed by atoms with Gasteiger partial charge in [0.2, 0.25) is 5.91 Å². The number of hydrogen-bond acceptors (Lipinski definition) is 13. The molecule has 0 aromatic rings. The summed E-state index contributed by atoms with van der Waals surface area (Å²) >= 11 is 0. The molecule has 14 heteroatoms. The summed E-state index contributed by atoms with van der Waals surface area (Å²) in [4.78, 5) is 13.4. The van der Waals surface area contributed by atoms with Gasteiger partial charge < -0.3 is 65.1 Å². The highest BCUT2D eigenvalue weighted by Crippen LogP contribution is 2.31. The molecule has 2 aliphatic rings. The van der Waals surface area contributed by atoms with E-state index in [1.165, 1.54) is 360 Å². The van der Waals surface area contributed by atoms with Crippen LogP contribution in [-0.4, -0.2) is 140 Å². The molecule has 104 heavy (non-hydrogen) atoms. The van der Waals surface area contributed by atoms with Gasteiger partial charge in [-0.2, -0.15) is 0 Å². The van der Waals surface area contributed by atoms with Gasteiger partial charge in [-0.15, -0.1) is 0 Å². The fraction of sp³-hybridized carbons (Fsp3) is 0.922. The number of nitrogens with one attached hydrogen (secondary N) is 1. The lowest BCUT2D eigenvalue weighted by Gasteiger charge is -2.46. The van der Waals surface area contributed by atoms with Crippen LogP contribution in [0.15, 0.2) is 36.5 Å². The Labute approximate surface area is 640 Å². The molecule has 0 spiro atoms. The van der Waals surface area contributed by atoms with Crippen molar-refractivity contribution in [1.29, 1.82) is 0 Å². The molecule has 0 saturated carbocycles. The van der Waals surface area contributed by atoms with Crippen molar-refractivity contribution in [3.8, 4) is 0 Å². The Morgan fingerprint density at radius 2 is 0.615 bits per heavy atom. The zero-order valence-corrected chi connectivity index (χ0v) is 67.8. The van der Waals surface area contributed by atoms with Crippen LogP contribution < -0.4 is 5.32 Å². The third kappa shape index (κ3) is 55.6. The summed E-state index contributed by atoms with van der Waals surface area (Å²) in [5.41, 5.74) is 0. The minimum Gasteiger partial charge on any atom is -0.394 e. The van der Waals surface area contributed by atoms with E-state index in [0.717, 1.165) is 44.9 Å². The minimum absolute atomic E-state index is 0.244. The number of aliphatic hydroxyl groups excluding tert-OH is 8. The van der Waals surface area contributed by atoms with Gasteiger partial charge in [-0.3, -0.25) is 4.79 Å². The maximum absolute atomic E-state index is 13.4. The Morgan fingerprint density at radius 3 is 0.942 bits per heavy atom. The number of carbonyl (C=O) groups is 1. The first kappa shape index (κ1) is 98.3. The second kappa shape index (κ2) is 74.0. The highest BCUT2D eigenvalue weighted by molar-refractivity contribution is 5.76. The number of allylic oxidation sites excluding steroid dienone is 5. The van der Waals surface area contributed by atoms with Crippen LogP contribution in [0.2, 0.25) is 0 Å². The van der Waals surface area contributed by atoms with E-state index < -0.39 is 86.8 Å². The third-order valence-corrected chi connectivity index (χ3v) is 22.3. The van der Waals surface area contributed by atoms with Crippen molar-refractivity contribution < 1.29 is 64.6 Å². The maximum Gasteiger partial charge on any atom is 0.220 e. The molecular weight excluding hydrogens is 1300 g/mol. The number of carbonyl (C=O) groups excluding carboxylic acids is 1. The maximum atomic E-state index is 13.4. The molecule has 0 radical (unpaired) electrons. The normalized spacial score (nSPS) is 21.6. The Balaban J connectivity index is 1.57. The number of aliphatic hydroxyl groups is 8. The van der Waals surface area contributed by atoms with Gasteiger partial charge in [0, 0.05) is 6.42 Å². The summed E-state index contributed by atoms with van der Waals surface area (Å²) in [6.45, 7) is 2.86. The van der Waals surface area contributed by atoms with E-state index in [9.17, 15) is 45.6 Å².